The Morgan fingerprint density at radius 2 is 1.62 bits per heavy atom. The van der Waals surface area contributed by atoms with E-state index in [1.165, 1.54) is 12.1 Å². The van der Waals surface area contributed by atoms with E-state index in [1.54, 1.807) is 12.1 Å². The summed E-state index contributed by atoms with van der Waals surface area (Å²) in [5, 5.41) is 6.25. The van der Waals surface area contributed by atoms with E-state index in [0.717, 1.165) is 66.1 Å². The van der Waals surface area contributed by atoms with Crippen molar-refractivity contribution in [2.75, 3.05) is 19.8 Å². The van der Waals surface area contributed by atoms with E-state index in [-0.39, 0.29) is 17.9 Å². The standard InChI is InChI=1S/C32H38FN3O3/c1-3-38-29-18-23(19-30(39-4-2)31(29)24-10-12-25(33)13-11-24)21-36-17-16-26-27(14-15-28(26)36)35-32(37)34-20-22-8-6-5-7-9-22/h5-13,18-19,26-28H,3-4,14-17,20-21H2,1-2H3,(H2,34,35,37)/t26-,27?,28+/m0/s1. The predicted octanol–water partition coefficient (Wildman–Crippen LogP) is 6.14. The van der Waals surface area contributed by atoms with Gasteiger partial charge in [0.05, 0.1) is 18.8 Å². The van der Waals surface area contributed by atoms with Gasteiger partial charge in [0.25, 0.3) is 0 Å². The number of rotatable bonds is 10. The number of halogens is 1. The second-order valence-electron chi connectivity index (χ2n) is 10.3. The Kier molecular flexibility index (Phi) is 8.67. The van der Waals surface area contributed by atoms with Gasteiger partial charge in [-0.1, -0.05) is 42.5 Å². The lowest BCUT2D eigenvalue weighted by Crippen LogP contribution is -2.44. The second kappa shape index (κ2) is 12.5. The molecule has 1 saturated heterocycles. The largest absolute Gasteiger partial charge is 0.493 e. The third-order valence-corrected chi connectivity index (χ3v) is 7.86. The van der Waals surface area contributed by atoms with E-state index in [4.69, 9.17) is 9.47 Å². The molecule has 2 amide bonds. The van der Waals surface area contributed by atoms with Gasteiger partial charge in [-0.3, -0.25) is 4.90 Å². The highest BCUT2D eigenvalue weighted by atomic mass is 19.1. The van der Waals surface area contributed by atoms with Crippen LogP contribution in [0.5, 0.6) is 11.5 Å². The normalized spacial score (nSPS) is 20.4. The van der Waals surface area contributed by atoms with Gasteiger partial charge in [-0.05, 0) is 86.5 Å². The summed E-state index contributed by atoms with van der Waals surface area (Å²) in [6.07, 6.45) is 3.12. The van der Waals surface area contributed by atoms with Crippen LogP contribution >= 0.6 is 0 Å². The van der Waals surface area contributed by atoms with Crippen LogP contribution in [0, 0.1) is 11.7 Å². The summed E-state index contributed by atoms with van der Waals surface area (Å²) in [4.78, 5) is 15.1. The van der Waals surface area contributed by atoms with Crippen molar-refractivity contribution in [1.29, 1.82) is 0 Å². The van der Waals surface area contributed by atoms with Crippen LogP contribution in [0.15, 0.2) is 66.7 Å². The summed E-state index contributed by atoms with van der Waals surface area (Å²) in [5.74, 6) is 1.68. The number of carbonyl (C=O) groups excluding carboxylic acids is 1. The molecule has 206 valence electrons. The minimum atomic E-state index is -0.270. The third kappa shape index (κ3) is 6.36. The van der Waals surface area contributed by atoms with Crippen molar-refractivity contribution in [2.24, 2.45) is 5.92 Å². The summed E-state index contributed by atoms with van der Waals surface area (Å²) < 4.78 is 25.7. The number of amides is 2. The van der Waals surface area contributed by atoms with Crippen LogP contribution in [0.25, 0.3) is 11.1 Å². The zero-order chi connectivity index (χ0) is 27.2. The number of nitrogens with one attached hydrogen (secondary N) is 2. The fraction of sp³-hybridized carbons (Fsp3) is 0.406. The molecule has 3 aromatic carbocycles. The first-order valence-corrected chi connectivity index (χ1v) is 14.1. The highest BCUT2D eigenvalue weighted by Crippen LogP contribution is 2.42. The Morgan fingerprint density at radius 1 is 0.923 bits per heavy atom. The number of carbonyl (C=O) groups is 1. The summed E-state index contributed by atoms with van der Waals surface area (Å²) in [6, 6.07) is 21.2. The van der Waals surface area contributed by atoms with Crippen molar-refractivity contribution in [3.05, 3.63) is 83.7 Å². The minimum absolute atomic E-state index is 0.0953. The molecule has 0 spiro atoms. The van der Waals surface area contributed by atoms with Crippen molar-refractivity contribution in [3.8, 4) is 22.6 Å². The fourth-order valence-electron chi connectivity index (χ4n) is 6.16. The Hall–Kier alpha value is -3.58. The Labute approximate surface area is 230 Å². The van der Waals surface area contributed by atoms with Crippen LogP contribution in [0.4, 0.5) is 9.18 Å². The highest BCUT2D eigenvalue weighted by Gasteiger charge is 2.44. The number of nitrogens with zero attached hydrogens (tertiary/aromatic N) is 1. The topological polar surface area (TPSA) is 62.8 Å². The van der Waals surface area contributed by atoms with Crippen molar-refractivity contribution in [3.63, 3.8) is 0 Å². The van der Waals surface area contributed by atoms with E-state index >= 15 is 0 Å². The van der Waals surface area contributed by atoms with Crippen molar-refractivity contribution in [1.82, 2.24) is 15.5 Å². The summed E-state index contributed by atoms with van der Waals surface area (Å²) >= 11 is 0. The molecular weight excluding hydrogens is 493 g/mol. The molecule has 1 aliphatic carbocycles. The van der Waals surface area contributed by atoms with Gasteiger partial charge >= 0.3 is 6.03 Å². The lowest BCUT2D eigenvalue weighted by molar-refractivity contribution is 0.222. The Balaban J connectivity index is 1.27. The molecule has 0 aromatic heterocycles. The third-order valence-electron chi connectivity index (χ3n) is 7.86. The molecule has 2 fully saturated rings. The summed E-state index contributed by atoms with van der Waals surface area (Å²) in [6.45, 7) is 7.29. The van der Waals surface area contributed by atoms with Crippen LogP contribution in [-0.4, -0.2) is 42.8 Å². The average Bonchev–Trinajstić information content (AvgIpc) is 3.52. The average molecular weight is 532 g/mol. The number of hydrogen-bond donors (Lipinski definition) is 2. The van der Waals surface area contributed by atoms with Gasteiger partial charge in [0.15, 0.2) is 0 Å². The van der Waals surface area contributed by atoms with Crippen LogP contribution in [-0.2, 0) is 13.1 Å². The Bertz CT molecular complexity index is 1220. The monoisotopic (exact) mass is 531 g/mol. The first kappa shape index (κ1) is 27.0. The predicted molar refractivity (Wildman–Crippen MR) is 151 cm³/mol. The molecule has 0 radical (unpaired) electrons. The van der Waals surface area contributed by atoms with Crippen LogP contribution in [0.1, 0.15) is 44.2 Å². The quantitative estimate of drug-likeness (QED) is 0.330. The zero-order valence-electron chi connectivity index (χ0n) is 22.8. The van der Waals surface area contributed by atoms with Gasteiger partial charge in [-0.25, -0.2) is 9.18 Å². The first-order chi connectivity index (χ1) is 19.1. The molecule has 5 rings (SSSR count). The van der Waals surface area contributed by atoms with Crippen molar-refractivity contribution >= 4 is 6.03 Å². The molecular formula is C32H38FN3O3. The van der Waals surface area contributed by atoms with Gasteiger partial charge in [-0.15, -0.1) is 0 Å². The van der Waals surface area contributed by atoms with Gasteiger partial charge in [0.2, 0.25) is 0 Å². The van der Waals surface area contributed by atoms with Gasteiger partial charge in [0, 0.05) is 25.2 Å². The number of fused-ring (bicyclic) bond motifs is 1. The molecule has 1 unspecified atom stereocenters. The van der Waals surface area contributed by atoms with E-state index < -0.39 is 0 Å². The molecule has 1 aliphatic heterocycles. The molecule has 2 aliphatic rings. The summed E-state index contributed by atoms with van der Waals surface area (Å²) in [5.41, 5.74) is 3.94. The number of likely N-dealkylation sites (tertiary alicyclic amines) is 1. The fourth-order valence-corrected chi connectivity index (χ4v) is 6.16. The van der Waals surface area contributed by atoms with E-state index in [1.807, 2.05) is 44.2 Å². The minimum Gasteiger partial charge on any atom is -0.493 e. The maximum atomic E-state index is 13.6. The number of benzene rings is 3. The summed E-state index contributed by atoms with van der Waals surface area (Å²) in [7, 11) is 0. The van der Waals surface area contributed by atoms with E-state index in [2.05, 4.69) is 27.7 Å². The molecule has 6 nitrogen and oxygen atoms in total. The lowest BCUT2D eigenvalue weighted by Gasteiger charge is -2.26. The van der Waals surface area contributed by atoms with Crippen LogP contribution in [0.2, 0.25) is 0 Å². The number of hydrogen-bond acceptors (Lipinski definition) is 4. The molecule has 2 N–H and O–H groups in total. The van der Waals surface area contributed by atoms with Gasteiger partial charge in [-0.2, -0.15) is 0 Å². The zero-order valence-corrected chi connectivity index (χ0v) is 22.8. The van der Waals surface area contributed by atoms with Crippen molar-refractivity contribution in [2.45, 2.75) is 58.3 Å². The molecule has 1 heterocycles. The highest BCUT2D eigenvalue weighted by molar-refractivity contribution is 5.77. The maximum Gasteiger partial charge on any atom is 0.315 e. The first-order valence-electron chi connectivity index (χ1n) is 14.1. The van der Waals surface area contributed by atoms with Crippen LogP contribution in [0.3, 0.4) is 0 Å². The smallest absolute Gasteiger partial charge is 0.315 e. The molecule has 1 saturated carbocycles. The molecule has 3 atom stereocenters. The van der Waals surface area contributed by atoms with E-state index in [9.17, 15) is 9.18 Å². The molecule has 0 bridgehead atoms. The van der Waals surface area contributed by atoms with Gasteiger partial charge < -0.3 is 20.1 Å². The van der Waals surface area contributed by atoms with Crippen molar-refractivity contribution < 1.29 is 18.7 Å². The van der Waals surface area contributed by atoms with Gasteiger partial charge in [0.1, 0.15) is 17.3 Å². The maximum absolute atomic E-state index is 13.6. The molecule has 3 aromatic rings. The molecule has 7 heteroatoms. The lowest BCUT2D eigenvalue weighted by atomic mass is 9.99. The van der Waals surface area contributed by atoms with E-state index in [0.29, 0.717) is 31.7 Å². The second-order valence-corrected chi connectivity index (χ2v) is 10.3. The number of ether oxygens (including phenoxy) is 2. The Morgan fingerprint density at radius 3 is 2.28 bits per heavy atom. The van der Waals surface area contributed by atoms with Crippen LogP contribution < -0.4 is 20.1 Å². The molecule has 39 heavy (non-hydrogen) atoms. The SMILES string of the molecule is CCOc1cc(CN2CC[C@H]3C(NC(=O)NCc4ccccc4)CC[C@H]32)cc(OCC)c1-c1ccc(F)cc1. The number of urea groups is 1.